The molecule has 4 aliphatic rings. The van der Waals surface area contributed by atoms with Crippen LogP contribution in [0.25, 0.3) is 0 Å². The zero-order valence-electron chi connectivity index (χ0n) is 11.8. The molecule has 3 aliphatic heterocycles. The highest BCUT2D eigenvalue weighted by molar-refractivity contribution is 5.97. The molecular formula is C17H20N3+. The van der Waals surface area contributed by atoms with Gasteiger partial charge in [0, 0.05) is 18.4 Å². The highest BCUT2D eigenvalue weighted by atomic mass is 15.5. The fourth-order valence-corrected chi connectivity index (χ4v) is 4.40. The Morgan fingerprint density at radius 3 is 2.95 bits per heavy atom. The van der Waals surface area contributed by atoms with Gasteiger partial charge in [-0.05, 0) is 24.1 Å². The zero-order chi connectivity index (χ0) is 13.1. The summed E-state index contributed by atoms with van der Waals surface area (Å²) in [7, 11) is 0. The fraction of sp³-hybridized carbons (Fsp3) is 0.471. The molecule has 5 rings (SSSR count). The van der Waals surface area contributed by atoms with E-state index in [4.69, 9.17) is 0 Å². The van der Waals surface area contributed by atoms with Crippen LogP contribution in [0.15, 0.2) is 30.4 Å². The molecule has 1 aromatic rings. The van der Waals surface area contributed by atoms with Crippen LogP contribution >= 0.6 is 0 Å². The van der Waals surface area contributed by atoms with Crippen molar-refractivity contribution >= 4 is 11.6 Å². The first-order chi connectivity index (χ1) is 9.93. The molecule has 0 bridgehead atoms. The number of benzene rings is 1. The predicted octanol–water partition coefficient (Wildman–Crippen LogP) is 2.14. The van der Waals surface area contributed by atoms with E-state index in [1.54, 1.807) is 5.56 Å². The lowest BCUT2D eigenvalue weighted by atomic mass is 9.87. The van der Waals surface area contributed by atoms with Gasteiger partial charge in [0.25, 0.3) is 0 Å². The van der Waals surface area contributed by atoms with Crippen molar-refractivity contribution in [1.82, 2.24) is 4.90 Å². The average Bonchev–Trinajstić information content (AvgIpc) is 2.52. The van der Waals surface area contributed by atoms with E-state index in [-0.39, 0.29) is 0 Å². The molecule has 0 saturated heterocycles. The van der Waals surface area contributed by atoms with Crippen molar-refractivity contribution in [3.05, 3.63) is 41.5 Å². The molecule has 1 aliphatic carbocycles. The lowest BCUT2D eigenvalue weighted by Crippen LogP contribution is -2.60. The topological polar surface area (TPSA) is 9.49 Å². The van der Waals surface area contributed by atoms with Crippen molar-refractivity contribution < 1.29 is 4.58 Å². The number of nitrogens with zero attached hydrogens (tertiary/aromatic N) is 3. The molecule has 3 heteroatoms. The molecule has 0 amide bonds. The second-order valence-corrected chi connectivity index (χ2v) is 6.27. The quantitative estimate of drug-likeness (QED) is 0.526. The van der Waals surface area contributed by atoms with E-state index in [9.17, 15) is 0 Å². The summed E-state index contributed by atoms with van der Waals surface area (Å²) in [4.78, 5) is 5.22. The summed E-state index contributed by atoms with van der Waals surface area (Å²) < 4.78 is 2.60. The van der Waals surface area contributed by atoms with Crippen LogP contribution in [-0.2, 0) is 6.42 Å². The van der Waals surface area contributed by atoms with E-state index in [0.29, 0.717) is 6.04 Å². The maximum atomic E-state index is 2.64. The zero-order valence-corrected chi connectivity index (χ0v) is 11.8. The van der Waals surface area contributed by atoms with Gasteiger partial charge in [-0.1, -0.05) is 18.2 Å². The maximum absolute atomic E-state index is 2.64. The third-order valence-electron chi connectivity index (χ3n) is 5.17. The van der Waals surface area contributed by atoms with Gasteiger partial charge in [-0.2, -0.15) is 0 Å². The van der Waals surface area contributed by atoms with Gasteiger partial charge in [0.2, 0.25) is 0 Å². The lowest BCUT2D eigenvalue weighted by molar-refractivity contribution is -0.543. The molecule has 1 atom stereocenters. The normalized spacial score (nSPS) is 26.5. The molecule has 102 valence electrons. The Bertz CT molecular complexity index is 640. The van der Waals surface area contributed by atoms with Gasteiger partial charge in [0.1, 0.15) is 11.7 Å². The number of hydrogen-bond donors (Lipinski definition) is 0. The van der Waals surface area contributed by atoms with Crippen molar-refractivity contribution in [2.45, 2.75) is 25.3 Å². The third-order valence-corrected chi connectivity index (χ3v) is 5.17. The summed E-state index contributed by atoms with van der Waals surface area (Å²) in [6, 6.07) is 7.35. The molecule has 20 heavy (non-hydrogen) atoms. The van der Waals surface area contributed by atoms with E-state index in [0.717, 1.165) is 6.42 Å². The predicted molar refractivity (Wildman–Crippen MR) is 80.3 cm³/mol. The van der Waals surface area contributed by atoms with E-state index in [1.807, 2.05) is 0 Å². The smallest absolute Gasteiger partial charge is 0.264 e. The van der Waals surface area contributed by atoms with Crippen molar-refractivity contribution in [3.63, 3.8) is 0 Å². The Morgan fingerprint density at radius 2 is 2.00 bits per heavy atom. The van der Waals surface area contributed by atoms with Crippen molar-refractivity contribution in [3.8, 4) is 0 Å². The number of allylic oxidation sites excluding steroid dienone is 1. The van der Waals surface area contributed by atoms with Crippen molar-refractivity contribution in [1.29, 1.82) is 0 Å². The summed E-state index contributed by atoms with van der Waals surface area (Å²) >= 11 is 0. The van der Waals surface area contributed by atoms with Gasteiger partial charge in [0.15, 0.2) is 0 Å². The lowest BCUT2D eigenvalue weighted by Gasteiger charge is -2.45. The largest absolute Gasteiger partial charge is 0.356 e. The Hall–Kier alpha value is -1.77. The van der Waals surface area contributed by atoms with Gasteiger partial charge in [-0.3, -0.25) is 9.48 Å². The van der Waals surface area contributed by atoms with Gasteiger partial charge in [-0.25, -0.2) is 4.90 Å². The number of rotatable bonds is 0. The molecule has 3 nitrogen and oxygen atoms in total. The van der Waals surface area contributed by atoms with E-state index in [1.165, 1.54) is 56.2 Å². The Balaban J connectivity index is 1.80. The first-order valence-corrected chi connectivity index (χ1v) is 7.88. The summed E-state index contributed by atoms with van der Waals surface area (Å²) in [5, 5.41) is 0. The molecule has 0 N–H and O–H groups in total. The van der Waals surface area contributed by atoms with Crippen LogP contribution in [0.3, 0.4) is 0 Å². The summed E-state index contributed by atoms with van der Waals surface area (Å²) in [5.41, 5.74) is 4.56. The second kappa shape index (κ2) is 3.87. The molecule has 0 spiro atoms. The number of hydrogen-bond acceptors (Lipinski definition) is 2. The Labute approximate surface area is 119 Å². The SMILES string of the molecule is C1=CC2c3c(cccc3N3CCC[N+]4=C3N2CCC4)C1. The second-order valence-electron chi connectivity index (χ2n) is 6.27. The minimum atomic E-state index is 0.474. The fourth-order valence-electron chi connectivity index (χ4n) is 4.40. The summed E-state index contributed by atoms with van der Waals surface area (Å²) in [5.74, 6) is 1.48. The van der Waals surface area contributed by atoms with Crippen LogP contribution in [-0.4, -0.2) is 41.6 Å². The molecule has 1 unspecified atom stereocenters. The van der Waals surface area contributed by atoms with Crippen LogP contribution in [0.5, 0.6) is 0 Å². The van der Waals surface area contributed by atoms with E-state index in [2.05, 4.69) is 44.7 Å². The maximum Gasteiger partial charge on any atom is 0.356 e. The number of fused-ring (bicyclic) bond motifs is 2. The molecular weight excluding hydrogens is 246 g/mol. The van der Waals surface area contributed by atoms with Crippen molar-refractivity contribution in [2.24, 2.45) is 0 Å². The molecule has 3 heterocycles. The minimum absolute atomic E-state index is 0.474. The average molecular weight is 266 g/mol. The van der Waals surface area contributed by atoms with E-state index < -0.39 is 0 Å². The Morgan fingerprint density at radius 1 is 1.10 bits per heavy atom. The van der Waals surface area contributed by atoms with Crippen molar-refractivity contribution in [2.75, 3.05) is 31.1 Å². The van der Waals surface area contributed by atoms with Crippen LogP contribution in [0.2, 0.25) is 0 Å². The first kappa shape index (κ1) is 11.0. The van der Waals surface area contributed by atoms with Gasteiger partial charge < -0.3 is 0 Å². The van der Waals surface area contributed by atoms with E-state index >= 15 is 0 Å². The molecule has 0 saturated carbocycles. The summed E-state index contributed by atoms with van der Waals surface area (Å²) in [6.07, 6.45) is 8.45. The first-order valence-electron chi connectivity index (χ1n) is 7.88. The number of guanidine groups is 1. The van der Waals surface area contributed by atoms with Crippen LogP contribution in [0.1, 0.15) is 30.0 Å². The van der Waals surface area contributed by atoms with Crippen LogP contribution in [0, 0.1) is 0 Å². The van der Waals surface area contributed by atoms with Gasteiger partial charge >= 0.3 is 5.96 Å². The monoisotopic (exact) mass is 266 g/mol. The number of anilines is 1. The highest BCUT2D eigenvalue weighted by Gasteiger charge is 2.46. The third kappa shape index (κ3) is 1.28. The molecule has 0 radical (unpaired) electrons. The van der Waals surface area contributed by atoms with Gasteiger partial charge in [-0.15, -0.1) is 0 Å². The standard InChI is InChI=1S/C17H20N3/c1-5-13-6-2-8-15-16(13)14(7-1)19-11-3-9-18-10-4-12-20(15)17(18)19/h1-2,5,7-8,15H,3-4,6,9-12H2/q+1. The molecule has 1 aromatic carbocycles. The highest BCUT2D eigenvalue weighted by Crippen LogP contribution is 2.43. The molecule has 0 fully saturated rings. The van der Waals surface area contributed by atoms with Gasteiger partial charge in [0.05, 0.1) is 26.2 Å². The summed E-state index contributed by atoms with van der Waals surface area (Å²) in [6.45, 7) is 4.84. The minimum Gasteiger partial charge on any atom is -0.264 e. The van der Waals surface area contributed by atoms with Crippen LogP contribution in [0.4, 0.5) is 5.69 Å². The Kier molecular flexibility index (Phi) is 2.12. The molecule has 0 aromatic heterocycles. The van der Waals surface area contributed by atoms with Crippen LogP contribution < -0.4 is 4.90 Å².